The van der Waals surface area contributed by atoms with Crippen LogP contribution in [0.25, 0.3) is 22.2 Å². The number of benzene rings is 1. The van der Waals surface area contributed by atoms with Gasteiger partial charge in [-0.25, -0.2) is 14.2 Å². The van der Waals surface area contributed by atoms with Crippen molar-refractivity contribution in [1.29, 1.82) is 0 Å². The van der Waals surface area contributed by atoms with Crippen molar-refractivity contribution in [3.63, 3.8) is 0 Å². The summed E-state index contributed by atoms with van der Waals surface area (Å²) in [6, 6.07) is 0.412. The van der Waals surface area contributed by atoms with E-state index in [9.17, 15) is 26.7 Å². The number of nitrogens with two attached hydrogens (primary N) is 1. The third kappa shape index (κ3) is 7.47. The second kappa shape index (κ2) is 15.3. The molecular weight excluding hydrogens is 855 g/mol. The van der Waals surface area contributed by atoms with Gasteiger partial charge in [0.1, 0.15) is 23.8 Å². The summed E-state index contributed by atoms with van der Waals surface area (Å²) in [6.07, 6.45) is -5.56. The van der Waals surface area contributed by atoms with Crippen molar-refractivity contribution in [2.24, 2.45) is 0 Å². The molecule has 2 unspecified atom stereocenters. The smallest absolute Gasteiger partial charge is 0.418 e. The molecule has 3 atom stereocenters. The van der Waals surface area contributed by atoms with E-state index in [1.165, 1.54) is 6.92 Å². The highest BCUT2D eigenvalue weighted by Crippen LogP contribution is 2.50. The number of hydrogen-bond donors (Lipinski definition) is 1. The number of carbonyl (C=O) groups excluding carboxylic acids is 1. The van der Waals surface area contributed by atoms with E-state index in [0.29, 0.717) is 19.4 Å². The first kappa shape index (κ1) is 40.3. The molecule has 0 aliphatic carbocycles. The van der Waals surface area contributed by atoms with Crippen LogP contribution in [-0.4, -0.2) is 87.9 Å². The van der Waals surface area contributed by atoms with Gasteiger partial charge in [-0.15, -0.1) is 0 Å². The molecular formula is C36H41ClF6IN7O3. The summed E-state index contributed by atoms with van der Waals surface area (Å²) >= 11 is 9.02. The lowest BCUT2D eigenvalue weighted by molar-refractivity contribution is -0.137. The highest BCUT2D eigenvalue weighted by atomic mass is 127. The molecule has 54 heavy (non-hydrogen) atoms. The fraction of sp³-hybridized carbons (Fsp3) is 0.556. The number of fused-ring (bicyclic) bond motifs is 2. The molecule has 5 heterocycles. The molecule has 2 aromatic heterocycles. The van der Waals surface area contributed by atoms with Crippen molar-refractivity contribution in [3.05, 3.63) is 45.3 Å². The topological polar surface area (TPSA) is 110 Å². The zero-order valence-electron chi connectivity index (χ0n) is 30.4. The molecule has 2 N–H and O–H groups in total. The van der Waals surface area contributed by atoms with Crippen LogP contribution in [0.15, 0.2) is 17.7 Å². The van der Waals surface area contributed by atoms with Crippen molar-refractivity contribution >= 4 is 62.8 Å². The van der Waals surface area contributed by atoms with Crippen LogP contribution in [0.2, 0.25) is 5.02 Å². The van der Waals surface area contributed by atoms with Gasteiger partial charge in [0.15, 0.2) is 5.82 Å². The number of pyridine rings is 1. The first-order valence-electron chi connectivity index (χ1n) is 17.7. The molecule has 0 spiro atoms. The van der Waals surface area contributed by atoms with E-state index in [1.54, 1.807) is 25.7 Å². The summed E-state index contributed by atoms with van der Waals surface area (Å²) in [5.74, 6) is -1.26. The minimum absolute atomic E-state index is 0.0225. The van der Waals surface area contributed by atoms with E-state index in [4.69, 9.17) is 31.8 Å². The van der Waals surface area contributed by atoms with Crippen molar-refractivity contribution in [3.8, 4) is 17.3 Å². The van der Waals surface area contributed by atoms with E-state index in [2.05, 4.69) is 9.97 Å². The van der Waals surface area contributed by atoms with E-state index in [0.717, 1.165) is 12.5 Å². The Hall–Kier alpha value is -3.32. The minimum atomic E-state index is -4.95. The Morgan fingerprint density at radius 1 is 1.17 bits per heavy atom. The summed E-state index contributed by atoms with van der Waals surface area (Å²) in [7, 11) is 0. The van der Waals surface area contributed by atoms with Crippen molar-refractivity contribution in [1.82, 2.24) is 24.8 Å². The highest BCUT2D eigenvalue weighted by molar-refractivity contribution is 14.1. The Balaban J connectivity index is 1.56. The third-order valence-corrected chi connectivity index (χ3v) is 11.4. The van der Waals surface area contributed by atoms with Gasteiger partial charge in [-0.05, 0) is 77.1 Å². The van der Waals surface area contributed by atoms with Gasteiger partial charge in [-0.1, -0.05) is 41.1 Å². The Morgan fingerprint density at radius 2 is 1.89 bits per heavy atom. The van der Waals surface area contributed by atoms with Crippen molar-refractivity contribution < 1.29 is 40.6 Å². The number of nitrogens with zero attached hydrogens (tertiary/aromatic N) is 6. The molecule has 0 saturated carbocycles. The largest absolute Gasteiger partial charge is 0.461 e. The molecule has 1 aromatic carbocycles. The summed E-state index contributed by atoms with van der Waals surface area (Å²) in [4.78, 5) is 31.7. The van der Waals surface area contributed by atoms with E-state index >= 15 is 4.39 Å². The Morgan fingerprint density at radius 3 is 2.52 bits per heavy atom. The number of ether oxygens (including phenoxy) is 2. The molecule has 10 nitrogen and oxygen atoms in total. The van der Waals surface area contributed by atoms with Crippen LogP contribution in [0.4, 0.5) is 42.8 Å². The van der Waals surface area contributed by atoms with Gasteiger partial charge >= 0.3 is 18.3 Å². The SMILES string of the molecule is CCC1CN(c2nc(OC[C@@]34CCCN3CC(=C(F)F)C4)nc3c(F)c(-c4nc(N)cc(C)c4C(F)(F)F)c(Cl)c(C(C)I)c23)CCN1C(=O)OC(C)C. The first-order chi connectivity index (χ1) is 25.4. The van der Waals surface area contributed by atoms with Crippen molar-refractivity contribution in [2.45, 2.75) is 88.1 Å². The highest BCUT2D eigenvalue weighted by Gasteiger charge is 2.48. The molecule has 3 aromatic rings. The third-order valence-electron chi connectivity index (χ3n) is 10.4. The Labute approximate surface area is 327 Å². The molecule has 1 amide bonds. The van der Waals surface area contributed by atoms with Gasteiger partial charge in [-0.2, -0.15) is 31.9 Å². The normalized spacial score (nSPS) is 21.3. The Kier molecular flexibility index (Phi) is 11.4. The Bertz CT molecular complexity index is 2000. The monoisotopic (exact) mass is 895 g/mol. The number of aromatic nitrogens is 3. The number of anilines is 2. The van der Waals surface area contributed by atoms with Gasteiger partial charge in [0.2, 0.25) is 0 Å². The summed E-state index contributed by atoms with van der Waals surface area (Å²) in [5.41, 5.74) is 2.21. The van der Waals surface area contributed by atoms with Gasteiger partial charge < -0.3 is 25.0 Å². The molecule has 3 saturated heterocycles. The number of halogens is 8. The number of amides is 1. The average Bonchev–Trinajstić information content (AvgIpc) is 3.64. The number of nitrogen functional groups attached to an aromatic ring is 1. The zero-order chi connectivity index (χ0) is 39.4. The fourth-order valence-corrected chi connectivity index (χ4v) is 9.22. The van der Waals surface area contributed by atoms with Crippen LogP contribution in [0.3, 0.4) is 0 Å². The van der Waals surface area contributed by atoms with Crippen LogP contribution in [0.5, 0.6) is 6.01 Å². The first-order valence-corrected chi connectivity index (χ1v) is 19.3. The fourth-order valence-electron chi connectivity index (χ4n) is 7.98. The van der Waals surface area contributed by atoms with Crippen LogP contribution < -0.4 is 15.4 Å². The van der Waals surface area contributed by atoms with Crippen molar-refractivity contribution in [2.75, 3.05) is 50.0 Å². The lowest BCUT2D eigenvalue weighted by Gasteiger charge is -2.41. The maximum Gasteiger partial charge on any atom is 0.418 e. The van der Waals surface area contributed by atoms with Crippen LogP contribution in [0.1, 0.15) is 74.0 Å². The molecule has 6 rings (SSSR count). The average molecular weight is 896 g/mol. The number of piperazine rings is 1. The second-order valence-corrected chi connectivity index (χ2v) is 16.6. The molecule has 294 valence electrons. The maximum atomic E-state index is 17.3. The second-order valence-electron chi connectivity index (χ2n) is 14.4. The molecule has 3 aliphatic rings. The van der Waals surface area contributed by atoms with Crippen LogP contribution in [-0.2, 0) is 10.9 Å². The van der Waals surface area contributed by atoms with Gasteiger partial charge in [0.05, 0.1) is 44.9 Å². The molecule has 18 heteroatoms. The minimum Gasteiger partial charge on any atom is -0.461 e. The number of rotatable bonds is 8. The standard InChI is InChI=1S/C36H41ClF6IN7O3/c1-6-21-15-49(10-11-51(21)34(52)54-17(2)3)32-24-23(19(5)44)27(37)25(29-26(36(41,42)43)18(4)12-22(45)46-29)28(38)30(24)47-33(48-32)53-16-35-8-7-9-50(35)14-20(13-35)31(39)40/h12,17,19,21H,6-11,13-16H2,1-5H3,(H2,45,46)/t19?,21?,35-/m0/s1. The lowest BCUT2D eigenvalue weighted by atomic mass is 9.94. The molecule has 0 bridgehead atoms. The van der Waals surface area contributed by atoms with Gasteiger partial charge in [0.25, 0.3) is 6.08 Å². The molecule has 3 aliphatic heterocycles. The van der Waals surface area contributed by atoms with E-state index in [1.807, 2.05) is 39.3 Å². The predicted molar refractivity (Wildman–Crippen MR) is 202 cm³/mol. The number of hydrogen-bond acceptors (Lipinski definition) is 9. The summed E-state index contributed by atoms with van der Waals surface area (Å²) < 4.78 is 99.7. The number of carbonyl (C=O) groups is 1. The quantitative estimate of drug-likeness (QED) is 0.135. The predicted octanol–water partition coefficient (Wildman–Crippen LogP) is 9.10. The number of alkyl halides is 4. The lowest BCUT2D eigenvalue weighted by Crippen LogP contribution is -2.55. The molecule has 0 radical (unpaired) electrons. The summed E-state index contributed by atoms with van der Waals surface area (Å²) in [5, 5.41) is -0.155. The molecule has 3 fully saturated rings. The van der Waals surface area contributed by atoms with E-state index in [-0.39, 0.29) is 102 Å². The van der Waals surface area contributed by atoms with E-state index < -0.39 is 50.5 Å². The summed E-state index contributed by atoms with van der Waals surface area (Å²) in [6.45, 7) is 9.65. The number of aryl methyl sites for hydroxylation is 1. The van der Waals surface area contributed by atoms with Gasteiger partial charge in [-0.3, -0.25) is 4.90 Å². The maximum absolute atomic E-state index is 17.3. The zero-order valence-corrected chi connectivity index (χ0v) is 33.3. The van der Waals surface area contributed by atoms with Gasteiger partial charge in [0, 0.05) is 35.7 Å². The van der Waals surface area contributed by atoms with Crippen LogP contribution in [0, 0.1) is 12.7 Å². The van der Waals surface area contributed by atoms with Crippen LogP contribution >= 0.6 is 34.2 Å².